The zero-order valence-corrected chi connectivity index (χ0v) is 20.3. The number of sulfonamides is 1. The van der Waals surface area contributed by atoms with E-state index < -0.39 is 28.3 Å². The summed E-state index contributed by atoms with van der Waals surface area (Å²) < 4.78 is 52.2. The SMILES string of the molecule is O=C(CN(c1ccc(F)cc1)S(=O)(=O)c1ccc2c(c1)OCCO2)N/N=C\c1ccc(Cl)c(Cl)c1. The molecule has 8 nitrogen and oxygen atoms in total. The first-order valence-corrected chi connectivity index (χ1v) is 12.4. The molecule has 1 amide bonds. The van der Waals surface area contributed by atoms with Crippen molar-refractivity contribution >= 4 is 51.0 Å². The number of anilines is 1. The number of carbonyl (C=O) groups is 1. The summed E-state index contributed by atoms with van der Waals surface area (Å²) in [5, 5.41) is 4.52. The first-order chi connectivity index (χ1) is 16.7. The zero-order chi connectivity index (χ0) is 25.0. The Labute approximate surface area is 210 Å². The lowest BCUT2D eigenvalue weighted by Crippen LogP contribution is -2.39. The van der Waals surface area contributed by atoms with E-state index in [1.165, 1.54) is 36.5 Å². The molecule has 4 rings (SSSR count). The van der Waals surface area contributed by atoms with Crippen molar-refractivity contribution in [1.82, 2.24) is 5.43 Å². The zero-order valence-electron chi connectivity index (χ0n) is 17.9. The molecule has 0 aliphatic carbocycles. The molecule has 3 aromatic carbocycles. The number of hydrogen-bond acceptors (Lipinski definition) is 6. The fourth-order valence-corrected chi connectivity index (χ4v) is 4.91. The number of nitrogens with zero attached hydrogens (tertiary/aromatic N) is 2. The summed E-state index contributed by atoms with van der Waals surface area (Å²) in [6.07, 6.45) is 1.33. The number of ether oxygens (including phenoxy) is 2. The Morgan fingerprint density at radius 2 is 1.71 bits per heavy atom. The van der Waals surface area contributed by atoms with E-state index in [0.29, 0.717) is 28.0 Å². The Hall–Kier alpha value is -3.34. The van der Waals surface area contributed by atoms with Gasteiger partial charge in [-0.3, -0.25) is 9.10 Å². The Bertz CT molecular complexity index is 1380. The topological polar surface area (TPSA) is 97.3 Å². The van der Waals surface area contributed by atoms with Gasteiger partial charge in [0.05, 0.1) is 26.8 Å². The van der Waals surface area contributed by atoms with Crippen molar-refractivity contribution in [3.05, 3.63) is 82.1 Å². The average Bonchev–Trinajstić information content (AvgIpc) is 2.85. The number of benzene rings is 3. The summed E-state index contributed by atoms with van der Waals surface area (Å²) in [5.74, 6) is -0.599. The summed E-state index contributed by atoms with van der Waals surface area (Å²) in [7, 11) is -4.25. The van der Waals surface area contributed by atoms with Crippen molar-refractivity contribution in [2.75, 3.05) is 24.1 Å². The number of amides is 1. The minimum atomic E-state index is -4.25. The number of rotatable bonds is 7. The van der Waals surface area contributed by atoms with Gasteiger partial charge in [-0.1, -0.05) is 29.3 Å². The highest BCUT2D eigenvalue weighted by molar-refractivity contribution is 7.92. The van der Waals surface area contributed by atoms with Crippen molar-refractivity contribution in [3.8, 4) is 11.5 Å². The number of hydrogen-bond donors (Lipinski definition) is 1. The second-order valence-electron chi connectivity index (χ2n) is 7.26. The van der Waals surface area contributed by atoms with Crippen LogP contribution in [0.25, 0.3) is 0 Å². The maximum atomic E-state index is 13.5. The molecule has 0 spiro atoms. The van der Waals surface area contributed by atoms with Crippen molar-refractivity contribution in [3.63, 3.8) is 0 Å². The van der Waals surface area contributed by atoms with Gasteiger partial charge in [0, 0.05) is 6.07 Å². The van der Waals surface area contributed by atoms with Crippen LogP contribution in [0, 0.1) is 5.82 Å². The molecule has 0 saturated carbocycles. The maximum Gasteiger partial charge on any atom is 0.264 e. The van der Waals surface area contributed by atoms with Crippen LogP contribution < -0.4 is 19.2 Å². The molecule has 0 aromatic heterocycles. The van der Waals surface area contributed by atoms with Gasteiger partial charge in [-0.15, -0.1) is 0 Å². The molecule has 1 heterocycles. The second kappa shape index (κ2) is 10.5. The van der Waals surface area contributed by atoms with E-state index in [-0.39, 0.29) is 22.9 Å². The Morgan fingerprint density at radius 3 is 2.43 bits per heavy atom. The molecule has 0 fully saturated rings. The highest BCUT2D eigenvalue weighted by Crippen LogP contribution is 2.34. The van der Waals surface area contributed by atoms with Gasteiger partial charge in [-0.25, -0.2) is 18.2 Å². The van der Waals surface area contributed by atoms with Crippen LogP contribution in [0.15, 0.2) is 70.7 Å². The van der Waals surface area contributed by atoms with Crippen LogP contribution in [0.3, 0.4) is 0 Å². The van der Waals surface area contributed by atoms with Crippen LogP contribution >= 0.6 is 23.2 Å². The molecule has 1 N–H and O–H groups in total. The Morgan fingerprint density at radius 1 is 1.00 bits per heavy atom. The molecule has 0 bridgehead atoms. The second-order valence-corrected chi connectivity index (χ2v) is 9.94. The van der Waals surface area contributed by atoms with Gasteiger partial charge in [0.15, 0.2) is 11.5 Å². The lowest BCUT2D eigenvalue weighted by molar-refractivity contribution is -0.119. The summed E-state index contributed by atoms with van der Waals surface area (Å²) >= 11 is 11.8. The van der Waals surface area contributed by atoms with Crippen LogP contribution in [0.2, 0.25) is 10.0 Å². The van der Waals surface area contributed by atoms with E-state index in [9.17, 15) is 17.6 Å². The molecule has 0 saturated heterocycles. The van der Waals surface area contributed by atoms with Gasteiger partial charge in [-0.2, -0.15) is 5.10 Å². The van der Waals surface area contributed by atoms with Gasteiger partial charge in [0.25, 0.3) is 15.9 Å². The average molecular weight is 538 g/mol. The normalized spacial score (nSPS) is 13.0. The van der Waals surface area contributed by atoms with E-state index in [2.05, 4.69) is 10.5 Å². The molecule has 1 aliphatic heterocycles. The molecule has 182 valence electrons. The molecule has 3 aromatic rings. The monoisotopic (exact) mass is 537 g/mol. The predicted octanol–water partition coefficient (Wildman–Crippen LogP) is 4.25. The number of carbonyl (C=O) groups excluding carboxylic acids is 1. The summed E-state index contributed by atoms with van der Waals surface area (Å²) in [4.78, 5) is 12.5. The fraction of sp³-hybridized carbons (Fsp3) is 0.130. The van der Waals surface area contributed by atoms with Crippen molar-refractivity contribution in [2.45, 2.75) is 4.90 Å². The van der Waals surface area contributed by atoms with Gasteiger partial charge < -0.3 is 9.47 Å². The van der Waals surface area contributed by atoms with Gasteiger partial charge >= 0.3 is 0 Å². The van der Waals surface area contributed by atoms with Crippen LogP contribution in [0.4, 0.5) is 10.1 Å². The third-order valence-electron chi connectivity index (χ3n) is 4.85. The van der Waals surface area contributed by atoms with Crippen LogP contribution in [0.1, 0.15) is 5.56 Å². The van der Waals surface area contributed by atoms with Crippen LogP contribution in [-0.4, -0.2) is 40.3 Å². The number of hydrazone groups is 1. The number of fused-ring (bicyclic) bond motifs is 1. The van der Waals surface area contributed by atoms with Crippen molar-refractivity contribution < 1.29 is 27.1 Å². The van der Waals surface area contributed by atoms with Crippen LogP contribution in [-0.2, 0) is 14.8 Å². The predicted molar refractivity (Wildman–Crippen MR) is 131 cm³/mol. The summed E-state index contributed by atoms with van der Waals surface area (Å²) in [5.41, 5.74) is 2.94. The molecule has 1 aliphatic rings. The van der Waals surface area contributed by atoms with E-state index in [4.69, 9.17) is 32.7 Å². The largest absolute Gasteiger partial charge is 0.486 e. The molecule has 0 atom stereocenters. The first kappa shape index (κ1) is 24.8. The smallest absolute Gasteiger partial charge is 0.264 e. The lowest BCUT2D eigenvalue weighted by Gasteiger charge is -2.25. The van der Waals surface area contributed by atoms with E-state index >= 15 is 0 Å². The highest BCUT2D eigenvalue weighted by atomic mass is 35.5. The Kier molecular flexibility index (Phi) is 7.44. The highest BCUT2D eigenvalue weighted by Gasteiger charge is 2.29. The fourth-order valence-electron chi connectivity index (χ4n) is 3.17. The van der Waals surface area contributed by atoms with E-state index in [1.807, 2.05) is 0 Å². The molecule has 12 heteroatoms. The third-order valence-corrected chi connectivity index (χ3v) is 7.36. The summed E-state index contributed by atoms with van der Waals surface area (Å²) in [6.45, 7) is 0.00224. The minimum Gasteiger partial charge on any atom is -0.486 e. The molecular weight excluding hydrogens is 520 g/mol. The molecule has 0 radical (unpaired) electrons. The van der Waals surface area contributed by atoms with Crippen molar-refractivity contribution in [1.29, 1.82) is 0 Å². The minimum absolute atomic E-state index is 0.0879. The third kappa shape index (κ3) is 5.84. The van der Waals surface area contributed by atoms with E-state index in [1.54, 1.807) is 18.2 Å². The first-order valence-electron chi connectivity index (χ1n) is 10.2. The van der Waals surface area contributed by atoms with Crippen LogP contribution in [0.5, 0.6) is 11.5 Å². The standard InChI is InChI=1S/C23H18Cl2FN3O5S/c24-19-7-1-15(11-20(19)25)13-27-28-23(30)14-29(17-4-2-16(26)3-5-17)35(31,32)18-6-8-21-22(12-18)34-10-9-33-21/h1-8,11-13H,9-10,14H2,(H,28,30)/b27-13-. The lowest BCUT2D eigenvalue weighted by atomic mass is 10.2. The van der Waals surface area contributed by atoms with Crippen molar-refractivity contribution in [2.24, 2.45) is 5.10 Å². The molecule has 0 unspecified atom stereocenters. The van der Waals surface area contributed by atoms with Gasteiger partial charge in [-0.05, 0) is 54.1 Å². The van der Waals surface area contributed by atoms with Gasteiger partial charge in [0.1, 0.15) is 25.6 Å². The molecular formula is C23H18Cl2FN3O5S. The van der Waals surface area contributed by atoms with E-state index in [0.717, 1.165) is 16.4 Å². The Balaban J connectivity index is 1.58. The van der Waals surface area contributed by atoms with Gasteiger partial charge in [0.2, 0.25) is 0 Å². The summed E-state index contributed by atoms with van der Waals surface area (Å²) in [6, 6.07) is 13.6. The maximum absolute atomic E-state index is 13.5. The number of nitrogens with one attached hydrogen (secondary N) is 1. The number of halogens is 3. The quantitative estimate of drug-likeness (QED) is 0.359. The molecule has 35 heavy (non-hydrogen) atoms.